The molecule has 0 bridgehead atoms. The van der Waals surface area contributed by atoms with Crippen LogP contribution >= 0.6 is 0 Å². The first-order valence-electron chi connectivity index (χ1n) is 4.79. The van der Waals surface area contributed by atoms with Crippen LogP contribution in [0.5, 0.6) is 0 Å². The van der Waals surface area contributed by atoms with E-state index in [4.69, 9.17) is 9.52 Å². The molecule has 78 valence electrons. The highest BCUT2D eigenvalue weighted by molar-refractivity contribution is 5.86. The quantitative estimate of drug-likeness (QED) is 0.835. The first-order valence-corrected chi connectivity index (χ1v) is 4.79. The number of carbonyl (C=O) groups is 1. The summed E-state index contributed by atoms with van der Waals surface area (Å²) in [6.07, 6.45) is 3.65. The molecule has 0 aliphatic carbocycles. The first kappa shape index (κ1) is 9.71. The number of pyridine rings is 1. The highest BCUT2D eigenvalue weighted by atomic mass is 16.4. The number of hydrogen-bond donors (Lipinski definition) is 1. The van der Waals surface area contributed by atoms with Crippen LogP contribution in [0, 0.1) is 0 Å². The lowest BCUT2D eigenvalue weighted by molar-refractivity contribution is -0.138. The van der Waals surface area contributed by atoms with Crippen LogP contribution in [0.4, 0.5) is 0 Å². The Hall–Kier alpha value is -1.84. The van der Waals surface area contributed by atoms with Crippen molar-refractivity contribution >= 4 is 17.1 Å². The van der Waals surface area contributed by atoms with Crippen molar-refractivity contribution in [2.75, 3.05) is 0 Å². The number of rotatable bonds is 3. The van der Waals surface area contributed by atoms with Gasteiger partial charge in [-0.3, -0.25) is 4.79 Å². The Kier molecular flexibility index (Phi) is 2.41. The van der Waals surface area contributed by atoms with Gasteiger partial charge in [-0.25, -0.2) is 4.98 Å². The van der Waals surface area contributed by atoms with Crippen molar-refractivity contribution < 1.29 is 14.3 Å². The molecular weight excluding hydrogens is 194 g/mol. The van der Waals surface area contributed by atoms with E-state index < -0.39 is 11.9 Å². The smallest absolute Gasteiger partial charge is 0.311 e. The average Bonchev–Trinajstić information content (AvgIpc) is 2.63. The Bertz CT molecular complexity index is 489. The molecule has 2 heterocycles. The Labute approximate surface area is 86.5 Å². The molecule has 2 rings (SSSR count). The van der Waals surface area contributed by atoms with Crippen molar-refractivity contribution in [2.45, 2.75) is 19.3 Å². The van der Waals surface area contributed by atoms with Crippen LogP contribution < -0.4 is 0 Å². The fourth-order valence-electron chi connectivity index (χ4n) is 1.68. The van der Waals surface area contributed by atoms with Crippen molar-refractivity contribution in [1.29, 1.82) is 0 Å². The molecular formula is C11H11NO3. The maximum atomic E-state index is 11.0. The molecule has 0 fully saturated rings. The number of hydrogen-bond acceptors (Lipinski definition) is 3. The number of fused-ring (bicyclic) bond motifs is 1. The molecule has 4 nitrogen and oxygen atoms in total. The maximum absolute atomic E-state index is 11.0. The van der Waals surface area contributed by atoms with Crippen LogP contribution in [-0.2, 0) is 4.79 Å². The van der Waals surface area contributed by atoms with Gasteiger partial charge >= 0.3 is 5.97 Å². The lowest BCUT2D eigenvalue weighted by Crippen LogP contribution is -2.09. The van der Waals surface area contributed by atoms with Gasteiger partial charge in [-0.1, -0.05) is 6.92 Å². The van der Waals surface area contributed by atoms with Crippen molar-refractivity contribution in [1.82, 2.24) is 4.98 Å². The lowest BCUT2D eigenvalue weighted by Gasteiger charge is -2.06. The van der Waals surface area contributed by atoms with Gasteiger partial charge in [0.15, 0.2) is 0 Å². The summed E-state index contributed by atoms with van der Waals surface area (Å²) in [6, 6.07) is 3.60. The molecule has 2 aromatic heterocycles. The van der Waals surface area contributed by atoms with Gasteiger partial charge in [0.05, 0.1) is 12.2 Å². The van der Waals surface area contributed by atoms with Gasteiger partial charge in [0.1, 0.15) is 0 Å². The van der Waals surface area contributed by atoms with Crippen LogP contribution in [0.15, 0.2) is 29.0 Å². The minimum atomic E-state index is -0.830. The Morgan fingerprint density at radius 3 is 3.13 bits per heavy atom. The topological polar surface area (TPSA) is 63.3 Å². The van der Waals surface area contributed by atoms with Gasteiger partial charge in [-0.05, 0) is 18.6 Å². The molecule has 0 spiro atoms. The SMILES string of the molecule is CCC(C(=O)O)c1coc2ncccc12. The fraction of sp³-hybridized carbons (Fsp3) is 0.273. The summed E-state index contributed by atoms with van der Waals surface area (Å²) in [6.45, 7) is 1.84. The molecule has 0 saturated carbocycles. The van der Waals surface area contributed by atoms with E-state index in [2.05, 4.69) is 4.98 Å². The highest BCUT2D eigenvalue weighted by Crippen LogP contribution is 2.28. The first-order chi connectivity index (χ1) is 7.24. The van der Waals surface area contributed by atoms with Crippen LogP contribution in [0.25, 0.3) is 11.1 Å². The number of aliphatic carboxylic acids is 1. The molecule has 1 N–H and O–H groups in total. The van der Waals surface area contributed by atoms with Crippen molar-refractivity contribution in [3.8, 4) is 0 Å². The zero-order valence-electron chi connectivity index (χ0n) is 8.30. The zero-order chi connectivity index (χ0) is 10.8. The van der Waals surface area contributed by atoms with Crippen molar-refractivity contribution in [3.05, 3.63) is 30.2 Å². The molecule has 0 radical (unpaired) electrons. The molecule has 0 saturated heterocycles. The van der Waals surface area contributed by atoms with Crippen LogP contribution in [0.3, 0.4) is 0 Å². The van der Waals surface area contributed by atoms with E-state index in [1.54, 1.807) is 12.3 Å². The summed E-state index contributed by atoms with van der Waals surface area (Å²) in [4.78, 5) is 15.0. The molecule has 2 aromatic rings. The van der Waals surface area contributed by atoms with Gasteiger partial charge in [0.2, 0.25) is 5.71 Å². The van der Waals surface area contributed by atoms with E-state index in [9.17, 15) is 4.79 Å². The largest absolute Gasteiger partial charge is 0.481 e. The molecule has 1 atom stereocenters. The minimum absolute atomic E-state index is 0.493. The third kappa shape index (κ3) is 1.58. The Morgan fingerprint density at radius 1 is 1.67 bits per heavy atom. The zero-order valence-corrected chi connectivity index (χ0v) is 8.30. The van der Waals surface area contributed by atoms with Crippen LogP contribution in [0.1, 0.15) is 24.8 Å². The monoisotopic (exact) mass is 205 g/mol. The third-order valence-corrected chi connectivity index (χ3v) is 2.46. The molecule has 15 heavy (non-hydrogen) atoms. The molecule has 0 aliphatic heterocycles. The van der Waals surface area contributed by atoms with E-state index in [0.717, 1.165) is 5.39 Å². The summed E-state index contributed by atoms with van der Waals surface area (Å²) in [5, 5.41) is 9.83. The summed E-state index contributed by atoms with van der Waals surface area (Å²) in [5.74, 6) is -1.35. The standard InChI is InChI=1S/C11H11NO3/c1-2-7(11(13)14)9-6-15-10-8(9)4-3-5-12-10/h3-7H,2H2,1H3,(H,13,14). The molecule has 4 heteroatoms. The van der Waals surface area contributed by atoms with E-state index >= 15 is 0 Å². The predicted molar refractivity (Wildman–Crippen MR) is 54.7 cm³/mol. The summed E-state index contributed by atoms with van der Waals surface area (Å²) >= 11 is 0. The van der Waals surface area contributed by atoms with E-state index in [-0.39, 0.29) is 0 Å². The van der Waals surface area contributed by atoms with Crippen molar-refractivity contribution in [2.24, 2.45) is 0 Å². The third-order valence-electron chi connectivity index (χ3n) is 2.46. The van der Waals surface area contributed by atoms with Gasteiger partial charge in [0, 0.05) is 17.1 Å². The van der Waals surface area contributed by atoms with Gasteiger partial charge in [-0.15, -0.1) is 0 Å². The van der Waals surface area contributed by atoms with E-state index in [0.29, 0.717) is 17.7 Å². The lowest BCUT2D eigenvalue weighted by atomic mass is 9.97. The number of carboxylic acids is 1. The number of carboxylic acid groups (broad SMARTS) is 1. The summed E-state index contributed by atoms with van der Waals surface area (Å²) < 4.78 is 5.21. The maximum Gasteiger partial charge on any atom is 0.311 e. The molecule has 0 aromatic carbocycles. The highest BCUT2D eigenvalue weighted by Gasteiger charge is 2.22. The van der Waals surface area contributed by atoms with E-state index in [1.165, 1.54) is 6.26 Å². The predicted octanol–water partition coefficient (Wildman–Crippen LogP) is 2.41. The Morgan fingerprint density at radius 2 is 2.47 bits per heavy atom. The second-order valence-electron chi connectivity index (χ2n) is 3.35. The average molecular weight is 205 g/mol. The van der Waals surface area contributed by atoms with Crippen LogP contribution in [0.2, 0.25) is 0 Å². The number of nitrogens with zero attached hydrogens (tertiary/aromatic N) is 1. The number of aromatic nitrogens is 1. The van der Waals surface area contributed by atoms with Gasteiger partial charge in [-0.2, -0.15) is 0 Å². The fourth-order valence-corrected chi connectivity index (χ4v) is 1.68. The molecule has 0 aliphatic rings. The summed E-state index contributed by atoms with van der Waals surface area (Å²) in [5.41, 5.74) is 1.19. The normalized spacial score (nSPS) is 12.9. The second kappa shape index (κ2) is 3.73. The Balaban J connectivity index is 2.55. The van der Waals surface area contributed by atoms with Gasteiger partial charge in [0.25, 0.3) is 0 Å². The molecule has 1 unspecified atom stereocenters. The van der Waals surface area contributed by atoms with E-state index in [1.807, 2.05) is 13.0 Å². The summed E-state index contributed by atoms with van der Waals surface area (Å²) in [7, 11) is 0. The van der Waals surface area contributed by atoms with Crippen molar-refractivity contribution in [3.63, 3.8) is 0 Å². The minimum Gasteiger partial charge on any atom is -0.481 e. The number of furan rings is 1. The van der Waals surface area contributed by atoms with Gasteiger partial charge < -0.3 is 9.52 Å². The van der Waals surface area contributed by atoms with Crippen LogP contribution in [-0.4, -0.2) is 16.1 Å². The molecule has 0 amide bonds. The second-order valence-corrected chi connectivity index (χ2v) is 3.35.